The van der Waals surface area contributed by atoms with Crippen LogP contribution in [0.4, 0.5) is 15.8 Å². The molecule has 2 aromatic carbocycles. The first-order chi connectivity index (χ1) is 16.4. The molecule has 0 radical (unpaired) electrons. The molecule has 1 aliphatic heterocycles. The van der Waals surface area contributed by atoms with Gasteiger partial charge in [-0.15, -0.1) is 0 Å². The number of unbranched alkanes of at least 4 members (excludes halogenated alkanes) is 4. The van der Waals surface area contributed by atoms with Crippen molar-refractivity contribution in [2.45, 2.75) is 50.7 Å². The van der Waals surface area contributed by atoms with Gasteiger partial charge in [-0.2, -0.15) is 0 Å². The number of carbonyl (C=O) groups is 3. The number of thioether (sulfide) groups is 1. The number of carboxylic acids is 1. The Morgan fingerprint density at radius 2 is 1.88 bits per heavy atom. The predicted octanol–water partition coefficient (Wildman–Crippen LogP) is 5.45. The Bertz CT molecular complexity index is 1060. The van der Waals surface area contributed by atoms with Crippen molar-refractivity contribution in [3.8, 4) is 0 Å². The highest BCUT2D eigenvalue weighted by Crippen LogP contribution is 2.30. The lowest BCUT2D eigenvalue weighted by atomic mass is 10.1. The van der Waals surface area contributed by atoms with Crippen molar-refractivity contribution >= 4 is 46.1 Å². The summed E-state index contributed by atoms with van der Waals surface area (Å²) < 4.78 is 13.3. The first kappa shape index (κ1) is 25.4. The Morgan fingerprint density at radius 3 is 2.59 bits per heavy atom. The second kappa shape index (κ2) is 12.3. The van der Waals surface area contributed by atoms with Gasteiger partial charge in [-0.1, -0.05) is 50.4 Å². The zero-order valence-corrected chi connectivity index (χ0v) is 19.8. The van der Waals surface area contributed by atoms with E-state index in [2.05, 4.69) is 17.2 Å². The number of aliphatic imine (C=N–C) groups is 1. The maximum absolute atomic E-state index is 13.3. The number of aromatic carboxylic acids is 1. The fourth-order valence-electron chi connectivity index (χ4n) is 3.51. The Kier molecular flexibility index (Phi) is 9.21. The number of benzene rings is 2. The number of hydrogen-bond donors (Lipinski definition) is 2. The van der Waals surface area contributed by atoms with Gasteiger partial charge in [0.2, 0.25) is 11.8 Å². The molecular weight excluding hydrogens is 457 g/mol. The maximum Gasteiger partial charge on any atom is 0.335 e. The van der Waals surface area contributed by atoms with Crippen LogP contribution in [0.15, 0.2) is 53.5 Å². The van der Waals surface area contributed by atoms with E-state index in [0.717, 1.165) is 32.1 Å². The molecule has 34 heavy (non-hydrogen) atoms. The summed E-state index contributed by atoms with van der Waals surface area (Å²) in [5.74, 6) is -2.09. The number of amidine groups is 1. The second-order valence-corrected chi connectivity index (χ2v) is 9.19. The van der Waals surface area contributed by atoms with E-state index in [1.807, 2.05) is 0 Å². The Hall–Kier alpha value is -3.20. The molecule has 1 heterocycles. The largest absolute Gasteiger partial charge is 0.478 e. The molecule has 1 atom stereocenters. The molecule has 0 spiro atoms. The maximum atomic E-state index is 13.3. The summed E-state index contributed by atoms with van der Waals surface area (Å²) in [7, 11) is 0. The van der Waals surface area contributed by atoms with Crippen LogP contribution in [0.5, 0.6) is 0 Å². The topological polar surface area (TPSA) is 99.1 Å². The van der Waals surface area contributed by atoms with Crippen LogP contribution in [0.1, 0.15) is 55.8 Å². The summed E-state index contributed by atoms with van der Waals surface area (Å²) in [5.41, 5.74) is 0.884. The molecule has 0 aromatic heterocycles. The van der Waals surface area contributed by atoms with Crippen LogP contribution in [0.2, 0.25) is 0 Å². The van der Waals surface area contributed by atoms with Crippen molar-refractivity contribution in [2.24, 2.45) is 4.99 Å². The van der Waals surface area contributed by atoms with Crippen LogP contribution in [0.3, 0.4) is 0 Å². The Morgan fingerprint density at radius 1 is 1.15 bits per heavy atom. The van der Waals surface area contributed by atoms with Crippen molar-refractivity contribution in [2.75, 3.05) is 11.9 Å². The molecule has 1 fully saturated rings. The van der Waals surface area contributed by atoms with Gasteiger partial charge in [0.05, 0.1) is 11.3 Å². The normalized spacial score (nSPS) is 17.1. The predicted molar refractivity (Wildman–Crippen MR) is 132 cm³/mol. The van der Waals surface area contributed by atoms with Crippen LogP contribution < -0.4 is 5.32 Å². The second-order valence-electron chi connectivity index (χ2n) is 8.02. The molecule has 1 saturated heterocycles. The van der Waals surface area contributed by atoms with E-state index in [4.69, 9.17) is 5.11 Å². The van der Waals surface area contributed by atoms with Crippen LogP contribution in [-0.4, -0.2) is 44.8 Å². The van der Waals surface area contributed by atoms with Crippen molar-refractivity contribution in [3.05, 3.63) is 59.9 Å². The fraction of sp³-hybridized carbons (Fsp3) is 0.360. The van der Waals surface area contributed by atoms with E-state index in [1.54, 1.807) is 17.0 Å². The molecule has 0 bridgehead atoms. The number of anilines is 1. The number of rotatable bonds is 10. The van der Waals surface area contributed by atoms with Crippen LogP contribution in [0.25, 0.3) is 0 Å². The highest BCUT2D eigenvalue weighted by atomic mass is 32.2. The van der Waals surface area contributed by atoms with Gasteiger partial charge in [0, 0.05) is 18.7 Å². The number of carboxylic acid groups (broad SMARTS) is 1. The summed E-state index contributed by atoms with van der Waals surface area (Å²) in [6.45, 7) is 2.64. The lowest BCUT2D eigenvalue weighted by Gasteiger charge is -2.32. The minimum absolute atomic E-state index is 0.00647. The van der Waals surface area contributed by atoms with E-state index in [1.165, 1.54) is 48.2 Å². The van der Waals surface area contributed by atoms with E-state index in [0.29, 0.717) is 23.1 Å². The molecule has 9 heteroatoms. The molecule has 2 aromatic rings. The van der Waals surface area contributed by atoms with E-state index >= 15 is 0 Å². The molecule has 7 nitrogen and oxygen atoms in total. The highest BCUT2D eigenvalue weighted by molar-refractivity contribution is 8.15. The Labute approximate surface area is 202 Å². The first-order valence-corrected chi connectivity index (χ1v) is 12.2. The van der Waals surface area contributed by atoms with E-state index in [9.17, 15) is 18.8 Å². The molecule has 0 saturated carbocycles. The lowest BCUT2D eigenvalue weighted by Crippen LogP contribution is -2.45. The van der Waals surface area contributed by atoms with Gasteiger partial charge in [-0.05, 0) is 48.9 Å². The van der Waals surface area contributed by atoms with Gasteiger partial charge < -0.3 is 10.4 Å². The highest BCUT2D eigenvalue weighted by Gasteiger charge is 2.35. The molecule has 3 rings (SSSR count). The molecule has 1 aliphatic rings. The number of carbonyl (C=O) groups excluding carboxylic acids is 2. The van der Waals surface area contributed by atoms with Crippen LogP contribution in [-0.2, 0) is 9.59 Å². The summed E-state index contributed by atoms with van der Waals surface area (Å²) in [6, 6.07) is 11.6. The van der Waals surface area contributed by atoms with Gasteiger partial charge in [-0.3, -0.25) is 14.5 Å². The van der Waals surface area contributed by atoms with Gasteiger partial charge in [0.15, 0.2) is 5.17 Å². The standard InChI is InChI=1S/C25H28FN3O4S/c1-2-3-4-5-6-14-29-22(30)16-21(34-25(29)28-19-12-10-18(26)11-13-19)23(31)27-20-9-7-8-17(15-20)24(32)33/h7-13,15,21H,2-6,14,16H2,1H3,(H,27,31)(H,32,33). The monoisotopic (exact) mass is 485 g/mol. The van der Waals surface area contributed by atoms with Crippen LogP contribution in [0, 0.1) is 5.82 Å². The Balaban J connectivity index is 1.76. The fourth-order valence-corrected chi connectivity index (χ4v) is 4.64. The van der Waals surface area contributed by atoms with Gasteiger partial charge in [0.1, 0.15) is 11.1 Å². The summed E-state index contributed by atoms with van der Waals surface area (Å²) in [6.07, 6.45) is 5.19. The van der Waals surface area contributed by atoms with Crippen molar-refractivity contribution in [3.63, 3.8) is 0 Å². The smallest absolute Gasteiger partial charge is 0.335 e. The van der Waals surface area contributed by atoms with Crippen molar-refractivity contribution < 1.29 is 23.9 Å². The van der Waals surface area contributed by atoms with E-state index < -0.39 is 17.1 Å². The number of nitrogens with one attached hydrogen (secondary N) is 1. The molecule has 2 N–H and O–H groups in total. The number of hydrogen-bond acceptors (Lipinski definition) is 5. The SMILES string of the molecule is CCCCCCCN1C(=O)CC(C(=O)Nc2cccc(C(=O)O)c2)SC1=Nc1ccc(F)cc1. The molecule has 2 amide bonds. The first-order valence-electron chi connectivity index (χ1n) is 11.3. The molecule has 1 unspecified atom stereocenters. The minimum atomic E-state index is -1.10. The zero-order chi connectivity index (χ0) is 24.5. The average Bonchev–Trinajstić information content (AvgIpc) is 2.81. The molecule has 0 aliphatic carbocycles. The summed E-state index contributed by atoms with van der Waals surface area (Å²) >= 11 is 1.18. The third kappa shape index (κ3) is 7.15. The molecular formula is C25H28FN3O4S. The summed E-state index contributed by atoms with van der Waals surface area (Å²) in [4.78, 5) is 43.3. The van der Waals surface area contributed by atoms with Crippen LogP contribution >= 0.6 is 11.8 Å². The van der Waals surface area contributed by atoms with E-state index in [-0.39, 0.29) is 23.7 Å². The van der Waals surface area contributed by atoms with Crippen molar-refractivity contribution in [1.82, 2.24) is 4.90 Å². The molecule has 180 valence electrons. The lowest BCUT2D eigenvalue weighted by molar-refractivity contribution is -0.129. The quantitative estimate of drug-likeness (QED) is 0.436. The third-order valence-electron chi connectivity index (χ3n) is 5.35. The number of amides is 2. The van der Waals surface area contributed by atoms with Gasteiger partial charge in [-0.25, -0.2) is 14.2 Å². The van der Waals surface area contributed by atoms with Gasteiger partial charge in [0.25, 0.3) is 0 Å². The number of halogens is 1. The minimum Gasteiger partial charge on any atom is -0.478 e. The van der Waals surface area contributed by atoms with Crippen molar-refractivity contribution in [1.29, 1.82) is 0 Å². The third-order valence-corrected chi connectivity index (χ3v) is 6.53. The summed E-state index contributed by atoms with van der Waals surface area (Å²) in [5, 5.41) is 11.5. The number of nitrogens with zero attached hydrogens (tertiary/aromatic N) is 2. The van der Waals surface area contributed by atoms with Gasteiger partial charge >= 0.3 is 5.97 Å². The zero-order valence-electron chi connectivity index (χ0n) is 19.0. The average molecular weight is 486 g/mol.